The van der Waals surface area contributed by atoms with Crippen LogP contribution in [0.25, 0.3) is 58.1 Å². The molecule has 3 aliphatic rings. The van der Waals surface area contributed by atoms with Crippen molar-refractivity contribution in [2.24, 2.45) is 0 Å². The fraction of sp³-hybridized carbons (Fsp3) is 0.368. The van der Waals surface area contributed by atoms with Gasteiger partial charge in [-0.3, -0.25) is 0 Å². The summed E-state index contributed by atoms with van der Waals surface area (Å²) in [5.74, 6) is 4.15. The van der Waals surface area contributed by atoms with E-state index in [1.54, 1.807) is 0 Å². The number of hydrogen-bond acceptors (Lipinski definition) is 4. The predicted molar refractivity (Wildman–Crippen MR) is 260 cm³/mol. The lowest BCUT2D eigenvalue weighted by atomic mass is 9.70. The van der Waals surface area contributed by atoms with Gasteiger partial charge in [0, 0.05) is 78.4 Å². The molecule has 0 amide bonds. The van der Waals surface area contributed by atoms with Crippen molar-refractivity contribution >= 4 is 35.7 Å². The minimum absolute atomic E-state index is 0.0180. The Hall–Kier alpha value is -5.48. The van der Waals surface area contributed by atoms with Crippen LogP contribution in [0, 0.1) is 0 Å². The minimum atomic E-state index is -0.0180. The maximum Gasteiger partial charge on any atom is 0.138 e. The smallest absolute Gasteiger partial charge is 0.138 e. The molecule has 4 nitrogen and oxygen atoms in total. The maximum atomic E-state index is 6.79. The van der Waals surface area contributed by atoms with Crippen LogP contribution in [0.1, 0.15) is 134 Å². The lowest BCUT2D eigenvalue weighted by Crippen LogP contribution is -2.25. The number of unbranched alkanes of at least 4 members (excludes halogenated alkanes) is 2. The summed E-state index contributed by atoms with van der Waals surface area (Å²) in [5, 5.41) is 0. The molecule has 4 aromatic carbocycles. The summed E-state index contributed by atoms with van der Waals surface area (Å²) in [6, 6.07) is 32.1. The third-order valence-electron chi connectivity index (χ3n) is 14.0. The lowest BCUT2D eigenvalue weighted by Gasteiger charge is -2.33. The highest BCUT2D eigenvalue weighted by atomic mass is 16.3. The molecule has 0 spiro atoms. The second kappa shape index (κ2) is 17.5. The number of nitrogens with zero attached hydrogens (tertiary/aromatic N) is 2. The minimum Gasteiger partial charge on any atom is -0.456 e. The van der Waals surface area contributed by atoms with Crippen molar-refractivity contribution in [1.82, 2.24) is 0 Å². The summed E-state index contributed by atoms with van der Waals surface area (Å²) in [4.78, 5) is 4.30. The topological polar surface area (TPSA) is 32.8 Å². The number of furan rings is 2. The molecule has 0 aliphatic heterocycles. The average molecular weight is 809 g/mol. The molecule has 0 N–H and O–H groups in total. The van der Waals surface area contributed by atoms with Crippen LogP contribution in [-0.2, 0) is 31.1 Å². The fourth-order valence-corrected chi connectivity index (χ4v) is 10.6. The van der Waals surface area contributed by atoms with Gasteiger partial charge in [0.05, 0.1) is 0 Å². The molecule has 314 valence electrons. The molecule has 0 saturated carbocycles. The first-order valence-electron chi connectivity index (χ1n) is 23.3. The van der Waals surface area contributed by atoms with E-state index in [-0.39, 0.29) is 5.41 Å². The van der Waals surface area contributed by atoms with Gasteiger partial charge in [0.2, 0.25) is 0 Å². The van der Waals surface area contributed by atoms with E-state index in [1.165, 1.54) is 130 Å². The van der Waals surface area contributed by atoms with Crippen LogP contribution >= 0.6 is 0 Å². The Morgan fingerprint density at radius 2 is 0.885 bits per heavy atom. The molecule has 0 unspecified atom stereocenters. The van der Waals surface area contributed by atoms with Crippen LogP contribution in [-0.4, -0.2) is 28.2 Å². The second-order valence-corrected chi connectivity index (χ2v) is 18.4. The van der Waals surface area contributed by atoms with E-state index >= 15 is 0 Å². The Morgan fingerprint density at radius 3 is 1.26 bits per heavy atom. The van der Waals surface area contributed by atoms with E-state index in [9.17, 15) is 0 Å². The van der Waals surface area contributed by atoms with Crippen molar-refractivity contribution in [3.05, 3.63) is 141 Å². The highest BCUT2D eigenvalue weighted by Gasteiger charge is 2.42. The van der Waals surface area contributed by atoms with Gasteiger partial charge in [-0.2, -0.15) is 0 Å². The number of rotatable bonds is 14. The fourth-order valence-electron chi connectivity index (χ4n) is 10.6. The Kier molecular flexibility index (Phi) is 11.7. The highest BCUT2D eigenvalue weighted by molar-refractivity contribution is 5.85. The molecule has 9 rings (SSSR count). The zero-order valence-corrected chi connectivity index (χ0v) is 37.5. The van der Waals surface area contributed by atoms with Gasteiger partial charge >= 0.3 is 0 Å². The molecule has 0 saturated heterocycles. The first kappa shape index (κ1) is 40.9. The summed E-state index contributed by atoms with van der Waals surface area (Å²) < 4.78 is 13.6. The van der Waals surface area contributed by atoms with Crippen molar-refractivity contribution in [2.45, 2.75) is 109 Å². The molecule has 0 fully saturated rings. The number of fused-ring (bicyclic) bond motifs is 5. The summed E-state index contributed by atoms with van der Waals surface area (Å²) in [7, 11) is 8.36. The molecule has 2 aromatic heterocycles. The Balaban J connectivity index is 1.05. The third kappa shape index (κ3) is 7.84. The van der Waals surface area contributed by atoms with Gasteiger partial charge in [-0.1, -0.05) is 88.1 Å². The summed E-state index contributed by atoms with van der Waals surface area (Å²) in [5.41, 5.74) is 18.6. The van der Waals surface area contributed by atoms with Crippen molar-refractivity contribution in [3.63, 3.8) is 0 Å². The van der Waals surface area contributed by atoms with Crippen LogP contribution < -0.4 is 9.80 Å². The molecule has 2 heterocycles. The molecular formula is C57H64N2O2. The molecule has 4 heteroatoms. The van der Waals surface area contributed by atoms with Crippen LogP contribution in [0.3, 0.4) is 0 Å². The van der Waals surface area contributed by atoms with Crippen LogP contribution in [0.5, 0.6) is 0 Å². The van der Waals surface area contributed by atoms with Crippen LogP contribution in [0.2, 0.25) is 0 Å². The van der Waals surface area contributed by atoms with Gasteiger partial charge in [0.15, 0.2) is 0 Å². The molecule has 0 bridgehead atoms. The average Bonchev–Trinajstić information content (AvgIpc) is 3.94. The van der Waals surface area contributed by atoms with E-state index in [0.29, 0.717) is 0 Å². The Labute approximate surface area is 365 Å². The highest BCUT2D eigenvalue weighted by Crippen LogP contribution is 2.55. The maximum absolute atomic E-state index is 6.79. The standard InChI is InChI=1S/C57H64N2O2/c1-7-9-35-57(36-10-8-2)51-37-39(21-33-53-47-15-11-13-17-49(47)55(60-53)41-23-27-43(28-24-41)58(3)4)19-31-45(51)46-32-20-40(38-52(46)57)22-34-54-48-16-12-14-18-50(48)56(61-54)42-25-29-44(30-26-42)59(5)6/h19-34,37-38H,7-18,35-36H2,1-6H3/b33-21+,34-22+. The molecule has 61 heavy (non-hydrogen) atoms. The van der Waals surface area contributed by atoms with Gasteiger partial charge < -0.3 is 18.6 Å². The first-order valence-corrected chi connectivity index (χ1v) is 23.3. The van der Waals surface area contributed by atoms with E-state index in [0.717, 1.165) is 61.6 Å². The molecule has 3 aliphatic carbocycles. The van der Waals surface area contributed by atoms with Gasteiger partial charge in [0.25, 0.3) is 0 Å². The van der Waals surface area contributed by atoms with Crippen molar-refractivity contribution in [2.75, 3.05) is 38.0 Å². The van der Waals surface area contributed by atoms with Gasteiger partial charge in [-0.05, 0) is 158 Å². The summed E-state index contributed by atoms with van der Waals surface area (Å²) in [6.45, 7) is 4.68. The van der Waals surface area contributed by atoms with Crippen molar-refractivity contribution in [1.29, 1.82) is 0 Å². The quantitative estimate of drug-likeness (QED) is 0.110. The van der Waals surface area contributed by atoms with E-state index in [4.69, 9.17) is 8.83 Å². The second-order valence-electron chi connectivity index (χ2n) is 18.4. The SMILES string of the molecule is CCCCC1(CCCC)c2cc(/C=C/c3oc(-c4ccc(N(C)C)cc4)c4c3CCCC4)ccc2-c2ccc(/C=C/c3oc(-c4ccc(N(C)C)cc4)c4c3CCCC4)cc21. The monoisotopic (exact) mass is 808 g/mol. The van der Waals surface area contributed by atoms with Crippen molar-refractivity contribution < 1.29 is 8.83 Å². The number of anilines is 2. The zero-order chi connectivity index (χ0) is 42.1. The van der Waals surface area contributed by atoms with Gasteiger partial charge in [-0.25, -0.2) is 0 Å². The van der Waals surface area contributed by atoms with E-state index in [2.05, 4.69) is 161 Å². The van der Waals surface area contributed by atoms with Crippen molar-refractivity contribution in [3.8, 4) is 33.8 Å². The Morgan fingerprint density at radius 1 is 0.492 bits per heavy atom. The van der Waals surface area contributed by atoms with E-state index < -0.39 is 0 Å². The van der Waals surface area contributed by atoms with Gasteiger partial charge in [0.1, 0.15) is 23.0 Å². The summed E-state index contributed by atoms with van der Waals surface area (Å²) >= 11 is 0. The molecule has 6 aromatic rings. The third-order valence-corrected chi connectivity index (χ3v) is 14.0. The molecule has 0 atom stereocenters. The van der Waals surface area contributed by atoms with Crippen LogP contribution in [0.4, 0.5) is 11.4 Å². The predicted octanol–water partition coefficient (Wildman–Crippen LogP) is 15.1. The lowest BCUT2D eigenvalue weighted by molar-refractivity contribution is 0.414. The molecule has 0 radical (unpaired) electrons. The largest absolute Gasteiger partial charge is 0.456 e. The normalized spacial score (nSPS) is 15.2. The van der Waals surface area contributed by atoms with E-state index in [1.807, 2.05) is 0 Å². The van der Waals surface area contributed by atoms with Crippen LogP contribution in [0.15, 0.2) is 93.8 Å². The zero-order valence-electron chi connectivity index (χ0n) is 37.5. The first-order chi connectivity index (χ1) is 29.8. The number of benzene rings is 4. The van der Waals surface area contributed by atoms with Gasteiger partial charge in [-0.15, -0.1) is 0 Å². The molecular weight excluding hydrogens is 745 g/mol. The Bertz CT molecular complexity index is 2380. The number of hydrogen-bond donors (Lipinski definition) is 0. The summed E-state index contributed by atoms with van der Waals surface area (Å²) in [6.07, 6.45) is 25.4.